The first-order valence-electron chi connectivity index (χ1n) is 5.19. The van der Waals surface area contributed by atoms with Gasteiger partial charge in [0.25, 0.3) is 0 Å². The lowest BCUT2D eigenvalue weighted by molar-refractivity contribution is -0.136. The minimum Gasteiger partial charge on any atom is -0.481 e. The Labute approximate surface area is 102 Å². The van der Waals surface area contributed by atoms with Gasteiger partial charge in [-0.25, -0.2) is 0 Å². The number of nitrogens with zero attached hydrogens (tertiary/aromatic N) is 1. The van der Waals surface area contributed by atoms with Gasteiger partial charge in [0.15, 0.2) is 0 Å². The summed E-state index contributed by atoms with van der Waals surface area (Å²) in [6.07, 6.45) is 0.990. The van der Waals surface area contributed by atoms with Gasteiger partial charge in [-0.3, -0.25) is 9.00 Å². The molecule has 1 rings (SSSR count). The molecule has 0 bridgehead atoms. The predicted molar refractivity (Wildman–Crippen MR) is 63.9 cm³/mol. The molecule has 0 radical (unpaired) electrons. The maximum atomic E-state index is 11.7. The zero-order chi connectivity index (χ0) is 12.7. The van der Waals surface area contributed by atoms with E-state index in [1.54, 1.807) is 24.3 Å². The molecule has 1 N–H and O–H groups in total. The van der Waals surface area contributed by atoms with E-state index in [0.29, 0.717) is 29.1 Å². The lowest BCUT2D eigenvalue weighted by Crippen LogP contribution is -2.01. The van der Waals surface area contributed by atoms with Gasteiger partial charge < -0.3 is 5.11 Å². The van der Waals surface area contributed by atoms with Crippen LogP contribution < -0.4 is 0 Å². The van der Waals surface area contributed by atoms with Crippen LogP contribution in [0, 0.1) is 11.3 Å². The van der Waals surface area contributed by atoms with Crippen LogP contribution in [0.5, 0.6) is 0 Å². The van der Waals surface area contributed by atoms with Crippen molar-refractivity contribution in [2.75, 3.05) is 5.75 Å². The average Bonchev–Trinajstić information content (AvgIpc) is 2.29. The fraction of sp³-hybridized carbons (Fsp3) is 0.333. The quantitative estimate of drug-likeness (QED) is 0.781. The molecule has 0 fully saturated rings. The molecule has 0 saturated carbocycles. The Hall–Kier alpha value is -1.67. The number of carboxylic acid groups (broad SMARTS) is 1. The second-order valence-electron chi connectivity index (χ2n) is 3.53. The highest BCUT2D eigenvalue weighted by Crippen LogP contribution is 2.11. The number of nitriles is 1. The SMILES string of the molecule is N#CCCCS(=O)c1ccc(CC(=O)O)cc1. The highest BCUT2D eigenvalue weighted by Gasteiger charge is 2.05. The minimum atomic E-state index is -1.10. The highest BCUT2D eigenvalue weighted by molar-refractivity contribution is 7.85. The van der Waals surface area contributed by atoms with Crippen LogP contribution in [0.1, 0.15) is 18.4 Å². The molecule has 1 unspecified atom stereocenters. The van der Waals surface area contributed by atoms with Crippen LogP contribution in [0.25, 0.3) is 0 Å². The van der Waals surface area contributed by atoms with Crippen molar-refractivity contribution in [3.8, 4) is 6.07 Å². The molecular formula is C12H13NO3S. The van der Waals surface area contributed by atoms with E-state index in [-0.39, 0.29) is 6.42 Å². The van der Waals surface area contributed by atoms with Crippen LogP contribution in [-0.4, -0.2) is 21.0 Å². The van der Waals surface area contributed by atoms with Crippen molar-refractivity contribution in [3.05, 3.63) is 29.8 Å². The third-order valence-corrected chi connectivity index (χ3v) is 3.62. The minimum absolute atomic E-state index is 0.0264. The molecule has 0 saturated heterocycles. The Kier molecular flexibility index (Phi) is 5.37. The second-order valence-corrected chi connectivity index (χ2v) is 5.10. The molecule has 0 aliphatic heterocycles. The van der Waals surface area contributed by atoms with Crippen molar-refractivity contribution in [3.63, 3.8) is 0 Å². The van der Waals surface area contributed by atoms with E-state index in [1.807, 2.05) is 6.07 Å². The van der Waals surface area contributed by atoms with E-state index in [4.69, 9.17) is 10.4 Å². The number of unbranched alkanes of at least 4 members (excludes halogenated alkanes) is 1. The third kappa shape index (κ3) is 4.79. The number of hydrogen-bond donors (Lipinski definition) is 1. The molecule has 0 aliphatic rings. The Morgan fingerprint density at radius 2 is 2.00 bits per heavy atom. The number of hydrogen-bond acceptors (Lipinski definition) is 3. The zero-order valence-corrected chi connectivity index (χ0v) is 10.1. The molecule has 0 spiro atoms. The maximum absolute atomic E-state index is 11.7. The van der Waals surface area contributed by atoms with Crippen LogP contribution in [0.3, 0.4) is 0 Å². The van der Waals surface area contributed by atoms with Crippen molar-refractivity contribution in [1.29, 1.82) is 5.26 Å². The van der Waals surface area contributed by atoms with E-state index in [0.717, 1.165) is 0 Å². The summed E-state index contributed by atoms with van der Waals surface area (Å²) in [5, 5.41) is 17.0. The Morgan fingerprint density at radius 1 is 1.35 bits per heavy atom. The van der Waals surface area contributed by atoms with Crippen molar-refractivity contribution in [2.24, 2.45) is 0 Å². The van der Waals surface area contributed by atoms with Gasteiger partial charge in [-0.15, -0.1) is 0 Å². The van der Waals surface area contributed by atoms with E-state index in [2.05, 4.69) is 0 Å². The summed E-state index contributed by atoms with van der Waals surface area (Å²) in [4.78, 5) is 11.1. The fourth-order valence-corrected chi connectivity index (χ4v) is 2.42. The molecule has 4 nitrogen and oxygen atoms in total. The summed E-state index contributed by atoms with van der Waals surface area (Å²) in [6, 6.07) is 8.71. The first kappa shape index (κ1) is 13.4. The topological polar surface area (TPSA) is 78.2 Å². The molecule has 0 heterocycles. The molecule has 0 aliphatic carbocycles. The molecule has 1 atom stereocenters. The lowest BCUT2D eigenvalue weighted by atomic mass is 10.2. The van der Waals surface area contributed by atoms with Gasteiger partial charge in [-0.1, -0.05) is 12.1 Å². The summed E-state index contributed by atoms with van der Waals surface area (Å²) in [7, 11) is -1.10. The lowest BCUT2D eigenvalue weighted by Gasteiger charge is -2.02. The Bertz CT molecular complexity index is 448. The monoisotopic (exact) mass is 251 g/mol. The van der Waals surface area contributed by atoms with E-state index in [9.17, 15) is 9.00 Å². The van der Waals surface area contributed by atoms with E-state index >= 15 is 0 Å². The first-order valence-corrected chi connectivity index (χ1v) is 6.51. The number of rotatable bonds is 6. The van der Waals surface area contributed by atoms with E-state index in [1.165, 1.54) is 0 Å². The zero-order valence-electron chi connectivity index (χ0n) is 9.26. The number of benzene rings is 1. The van der Waals surface area contributed by atoms with Gasteiger partial charge in [0, 0.05) is 17.1 Å². The van der Waals surface area contributed by atoms with Gasteiger partial charge in [0.2, 0.25) is 0 Å². The van der Waals surface area contributed by atoms with Gasteiger partial charge in [0.05, 0.1) is 23.3 Å². The number of carbonyl (C=O) groups is 1. The predicted octanol–water partition coefficient (Wildman–Crippen LogP) is 1.73. The van der Waals surface area contributed by atoms with Gasteiger partial charge >= 0.3 is 5.97 Å². The summed E-state index contributed by atoms with van der Waals surface area (Å²) in [5.74, 6) is -0.417. The smallest absolute Gasteiger partial charge is 0.307 e. The number of aliphatic carboxylic acids is 1. The van der Waals surface area contributed by atoms with Crippen LogP contribution in [-0.2, 0) is 22.0 Å². The normalized spacial score (nSPS) is 11.7. The molecule has 1 aromatic rings. The summed E-state index contributed by atoms with van der Waals surface area (Å²) in [6.45, 7) is 0. The van der Waals surface area contributed by atoms with Crippen molar-refractivity contribution < 1.29 is 14.1 Å². The van der Waals surface area contributed by atoms with Gasteiger partial charge in [0.1, 0.15) is 0 Å². The van der Waals surface area contributed by atoms with Crippen molar-refractivity contribution >= 4 is 16.8 Å². The molecule has 0 amide bonds. The molecule has 5 heteroatoms. The maximum Gasteiger partial charge on any atom is 0.307 e. The largest absolute Gasteiger partial charge is 0.481 e. The molecule has 1 aromatic carbocycles. The second kappa shape index (κ2) is 6.81. The third-order valence-electron chi connectivity index (χ3n) is 2.16. The Morgan fingerprint density at radius 3 is 2.53 bits per heavy atom. The van der Waals surface area contributed by atoms with Crippen molar-refractivity contribution in [2.45, 2.75) is 24.2 Å². The van der Waals surface area contributed by atoms with Gasteiger partial charge in [-0.05, 0) is 24.1 Å². The highest BCUT2D eigenvalue weighted by atomic mass is 32.2. The molecule has 17 heavy (non-hydrogen) atoms. The van der Waals surface area contributed by atoms with Crippen LogP contribution in [0.15, 0.2) is 29.2 Å². The molecule has 0 aromatic heterocycles. The molecule has 90 valence electrons. The van der Waals surface area contributed by atoms with E-state index < -0.39 is 16.8 Å². The standard InChI is InChI=1S/C12H13NO3S/c13-7-1-2-8-17(16)11-5-3-10(4-6-11)9-12(14)15/h3-6H,1-2,8-9H2,(H,14,15). The van der Waals surface area contributed by atoms with Crippen LogP contribution in [0.2, 0.25) is 0 Å². The summed E-state index contributed by atoms with van der Waals surface area (Å²) in [5.41, 5.74) is 0.690. The average molecular weight is 251 g/mol. The van der Waals surface area contributed by atoms with Crippen LogP contribution >= 0.6 is 0 Å². The molecular weight excluding hydrogens is 238 g/mol. The summed E-state index contributed by atoms with van der Waals surface area (Å²) < 4.78 is 11.7. The van der Waals surface area contributed by atoms with Crippen molar-refractivity contribution in [1.82, 2.24) is 0 Å². The van der Waals surface area contributed by atoms with Crippen LogP contribution in [0.4, 0.5) is 0 Å². The van der Waals surface area contributed by atoms with Gasteiger partial charge in [-0.2, -0.15) is 5.26 Å². The Balaban J connectivity index is 2.58. The first-order chi connectivity index (χ1) is 8.13. The fourth-order valence-electron chi connectivity index (χ4n) is 1.33. The number of carboxylic acids is 1. The summed E-state index contributed by atoms with van der Waals surface area (Å²) >= 11 is 0.